The molecule has 0 aliphatic heterocycles. The van der Waals surface area contributed by atoms with E-state index in [1.807, 2.05) is 20.8 Å². The topological polar surface area (TPSA) is 77.0 Å². The van der Waals surface area contributed by atoms with Gasteiger partial charge < -0.3 is 9.63 Å². The molecule has 1 N–H and O–H groups in total. The van der Waals surface area contributed by atoms with Gasteiger partial charge in [-0.2, -0.15) is 5.10 Å². The lowest BCUT2D eigenvalue weighted by Crippen LogP contribution is -2.16. The van der Waals surface area contributed by atoms with Gasteiger partial charge in [-0.15, -0.1) is 0 Å². The molecule has 92 valence electrons. The van der Waals surface area contributed by atoms with E-state index in [-0.39, 0.29) is 0 Å². The third kappa shape index (κ3) is 2.21. The average molecular weight is 236 g/mol. The second-order valence-electron chi connectivity index (χ2n) is 4.03. The summed E-state index contributed by atoms with van der Waals surface area (Å²) in [5, 5.41) is 17.7. The third-order valence-corrected chi connectivity index (χ3v) is 2.73. The molecule has 0 saturated heterocycles. The van der Waals surface area contributed by atoms with Crippen LogP contribution in [0.25, 0.3) is 11.4 Å². The molecule has 0 aliphatic carbocycles. The molecule has 17 heavy (non-hydrogen) atoms. The Bertz CT molecular complexity index is 484. The van der Waals surface area contributed by atoms with Crippen LogP contribution < -0.4 is 0 Å². The highest BCUT2D eigenvalue weighted by atomic mass is 16.5. The quantitative estimate of drug-likeness (QED) is 0.866. The van der Waals surface area contributed by atoms with Crippen LogP contribution in [0.1, 0.15) is 24.8 Å². The monoisotopic (exact) mass is 236 g/mol. The van der Waals surface area contributed by atoms with Gasteiger partial charge >= 0.3 is 0 Å². The van der Waals surface area contributed by atoms with Crippen LogP contribution in [0, 0.1) is 13.8 Å². The zero-order valence-corrected chi connectivity index (χ0v) is 10.2. The maximum absolute atomic E-state index is 9.66. The number of aromatic nitrogens is 4. The van der Waals surface area contributed by atoms with Gasteiger partial charge in [0.05, 0.1) is 23.9 Å². The highest BCUT2D eigenvalue weighted by molar-refractivity contribution is 5.59. The number of rotatable bonds is 4. The number of aliphatic hydroxyl groups is 1. The molecule has 6 heteroatoms. The van der Waals surface area contributed by atoms with E-state index in [1.165, 1.54) is 6.33 Å². The molecule has 2 rings (SSSR count). The molecule has 0 spiro atoms. The fraction of sp³-hybridized carbons (Fsp3) is 0.545. The van der Waals surface area contributed by atoms with Crippen molar-refractivity contribution in [2.45, 2.75) is 39.8 Å². The molecule has 0 fully saturated rings. The van der Waals surface area contributed by atoms with Gasteiger partial charge in [0.15, 0.2) is 5.82 Å². The van der Waals surface area contributed by atoms with Crippen LogP contribution in [-0.4, -0.2) is 31.1 Å². The molecule has 0 aliphatic rings. The predicted octanol–water partition coefficient (Wildman–Crippen LogP) is 1.32. The van der Waals surface area contributed by atoms with E-state index in [4.69, 9.17) is 4.52 Å². The number of hydrogen-bond donors (Lipinski definition) is 1. The lowest BCUT2D eigenvalue weighted by atomic mass is 10.2. The van der Waals surface area contributed by atoms with Crippen molar-refractivity contribution in [2.24, 2.45) is 0 Å². The van der Waals surface area contributed by atoms with E-state index in [1.54, 1.807) is 4.68 Å². The van der Waals surface area contributed by atoms with Gasteiger partial charge in [-0.1, -0.05) is 12.1 Å². The molecule has 6 nitrogen and oxygen atoms in total. The standard InChI is InChI=1S/C11H16N4O2/c1-4-9(16)5-15-11(12-6-13-15)10-7(2)14-17-8(10)3/h6,9,16H,4-5H2,1-3H3/t9-/m1/s1. The molecule has 1 atom stereocenters. The maximum Gasteiger partial charge on any atom is 0.163 e. The van der Waals surface area contributed by atoms with Crippen LogP contribution in [0.4, 0.5) is 0 Å². The molecule has 0 saturated carbocycles. The second kappa shape index (κ2) is 4.67. The Morgan fingerprint density at radius 3 is 2.82 bits per heavy atom. The van der Waals surface area contributed by atoms with E-state index in [0.717, 1.165) is 11.3 Å². The highest BCUT2D eigenvalue weighted by Gasteiger charge is 2.18. The molecule has 2 aromatic heterocycles. The summed E-state index contributed by atoms with van der Waals surface area (Å²) >= 11 is 0. The van der Waals surface area contributed by atoms with E-state index in [0.29, 0.717) is 24.6 Å². The van der Waals surface area contributed by atoms with Gasteiger partial charge in [0.2, 0.25) is 0 Å². The molecule has 0 bridgehead atoms. The van der Waals surface area contributed by atoms with Crippen molar-refractivity contribution >= 4 is 0 Å². The highest BCUT2D eigenvalue weighted by Crippen LogP contribution is 2.24. The molecule has 0 amide bonds. The van der Waals surface area contributed by atoms with Crippen molar-refractivity contribution in [3.05, 3.63) is 17.8 Å². The first-order valence-electron chi connectivity index (χ1n) is 5.62. The van der Waals surface area contributed by atoms with Crippen molar-refractivity contribution < 1.29 is 9.63 Å². The molecular weight excluding hydrogens is 220 g/mol. The van der Waals surface area contributed by atoms with Crippen LogP contribution in [-0.2, 0) is 6.54 Å². The predicted molar refractivity (Wildman–Crippen MR) is 61.3 cm³/mol. The lowest BCUT2D eigenvalue weighted by molar-refractivity contribution is 0.146. The number of hydrogen-bond acceptors (Lipinski definition) is 5. The van der Waals surface area contributed by atoms with Gasteiger partial charge in [0.25, 0.3) is 0 Å². The fourth-order valence-electron chi connectivity index (χ4n) is 1.72. The smallest absolute Gasteiger partial charge is 0.163 e. The van der Waals surface area contributed by atoms with E-state index >= 15 is 0 Å². The van der Waals surface area contributed by atoms with Crippen LogP contribution >= 0.6 is 0 Å². The van der Waals surface area contributed by atoms with Crippen LogP contribution in [0.15, 0.2) is 10.9 Å². The minimum absolute atomic E-state index is 0.420. The van der Waals surface area contributed by atoms with Gasteiger partial charge in [0, 0.05) is 0 Å². The van der Waals surface area contributed by atoms with E-state index in [2.05, 4.69) is 15.2 Å². The minimum Gasteiger partial charge on any atom is -0.391 e. The number of nitrogens with zero attached hydrogens (tertiary/aromatic N) is 4. The van der Waals surface area contributed by atoms with Crippen LogP contribution in [0.5, 0.6) is 0 Å². The summed E-state index contributed by atoms with van der Waals surface area (Å²) in [6.45, 7) is 6.05. The van der Waals surface area contributed by atoms with Crippen molar-refractivity contribution in [3.8, 4) is 11.4 Å². The third-order valence-electron chi connectivity index (χ3n) is 2.73. The summed E-state index contributed by atoms with van der Waals surface area (Å²) in [5.41, 5.74) is 1.63. The Labute approximate surface area is 99.3 Å². The molecule has 2 heterocycles. The first-order chi connectivity index (χ1) is 8.13. The summed E-state index contributed by atoms with van der Waals surface area (Å²) in [7, 11) is 0. The Kier molecular flexibility index (Phi) is 3.23. The number of aryl methyl sites for hydroxylation is 2. The summed E-state index contributed by atoms with van der Waals surface area (Å²) in [6.07, 6.45) is 1.74. The SMILES string of the molecule is CC[C@@H](O)Cn1ncnc1-c1c(C)noc1C. The molecule has 0 aromatic carbocycles. The molecule has 2 aromatic rings. The van der Waals surface area contributed by atoms with Gasteiger partial charge in [-0.3, -0.25) is 0 Å². The molecular formula is C11H16N4O2. The Balaban J connectivity index is 2.37. The largest absolute Gasteiger partial charge is 0.391 e. The van der Waals surface area contributed by atoms with Gasteiger partial charge in [0.1, 0.15) is 12.1 Å². The number of aliphatic hydroxyl groups excluding tert-OH is 1. The Morgan fingerprint density at radius 2 is 2.24 bits per heavy atom. The van der Waals surface area contributed by atoms with E-state index in [9.17, 15) is 5.11 Å². The Hall–Kier alpha value is -1.69. The Morgan fingerprint density at radius 1 is 1.47 bits per heavy atom. The van der Waals surface area contributed by atoms with Crippen LogP contribution in [0.3, 0.4) is 0 Å². The van der Waals surface area contributed by atoms with Crippen molar-refractivity contribution in [1.82, 2.24) is 19.9 Å². The molecule has 0 unspecified atom stereocenters. The van der Waals surface area contributed by atoms with Crippen molar-refractivity contribution in [2.75, 3.05) is 0 Å². The zero-order valence-electron chi connectivity index (χ0n) is 10.2. The maximum atomic E-state index is 9.66. The summed E-state index contributed by atoms with van der Waals surface area (Å²) in [4.78, 5) is 4.21. The van der Waals surface area contributed by atoms with Crippen LogP contribution in [0.2, 0.25) is 0 Å². The summed E-state index contributed by atoms with van der Waals surface area (Å²) < 4.78 is 6.79. The summed E-state index contributed by atoms with van der Waals surface area (Å²) in [6, 6.07) is 0. The zero-order chi connectivity index (χ0) is 12.4. The van der Waals surface area contributed by atoms with E-state index < -0.39 is 6.10 Å². The fourth-order valence-corrected chi connectivity index (χ4v) is 1.72. The van der Waals surface area contributed by atoms with Crippen molar-refractivity contribution in [1.29, 1.82) is 0 Å². The van der Waals surface area contributed by atoms with Gasteiger partial charge in [-0.25, -0.2) is 9.67 Å². The average Bonchev–Trinajstić information content (AvgIpc) is 2.86. The minimum atomic E-state index is -0.420. The lowest BCUT2D eigenvalue weighted by Gasteiger charge is -2.09. The normalized spacial score (nSPS) is 12.9. The first-order valence-corrected chi connectivity index (χ1v) is 5.62. The molecule has 0 radical (unpaired) electrons. The van der Waals surface area contributed by atoms with Gasteiger partial charge in [-0.05, 0) is 20.3 Å². The second-order valence-corrected chi connectivity index (χ2v) is 4.03. The first kappa shape index (κ1) is 11.8. The summed E-state index contributed by atoms with van der Waals surface area (Å²) in [5.74, 6) is 1.40. The van der Waals surface area contributed by atoms with Crippen molar-refractivity contribution in [3.63, 3.8) is 0 Å².